The minimum absolute atomic E-state index is 0.0760. The van der Waals surface area contributed by atoms with Gasteiger partial charge in [-0.1, -0.05) is 54.1 Å². The molecule has 43 heavy (non-hydrogen) atoms. The Morgan fingerprint density at radius 2 is 1.79 bits per heavy atom. The normalized spacial score (nSPS) is 14.7. The minimum Gasteiger partial charge on any atom is -0.497 e. The predicted octanol–water partition coefficient (Wildman–Crippen LogP) is 6.66. The first-order valence-corrected chi connectivity index (χ1v) is 14.6. The SMILES string of the molecule is CCNc1nc(Nc2ccc(-n3cnc(Cl)c3)c(OC)c2)nc2c1CN(Cc1ccc(OC)cc1)CC2c1ccccc1. The lowest BCUT2D eigenvalue weighted by Gasteiger charge is -2.35. The Morgan fingerprint density at radius 3 is 2.49 bits per heavy atom. The standard InChI is InChI=1S/C33H34ClN7O2/c1-4-35-32-27-19-40(17-22-10-13-25(42-2)14-11-22)18-26(23-8-6-5-7-9-23)31(27)38-33(39-32)37-24-12-15-28(29(16-24)43-3)41-20-30(34)36-21-41/h5-16,20-21,26H,4,17-19H2,1-3H3,(H2,35,37,38,39). The van der Waals surface area contributed by atoms with E-state index in [9.17, 15) is 0 Å². The van der Waals surface area contributed by atoms with Crippen LogP contribution in [0.2, 0.25) is 5.15 Å². The Bertz CT molecular complexity index is 1690. The summed E-state index contributed by atoms with van der Waals surface area (Å²) in [5.41, 5.74) is 6.24. The fourth-order valence-electron chi connectivity index (χ4n) is 5.53. The second kappa shape index (κ2) is 12.7. The average molecular weight is 596 g/mol. The zero-order valence-corrected chi connectivity index (χ0v) is 25.2. The van der Waals surface area contributed by atoms with Crippen LogP contribution in [0, 0.1) is 0 Å². The van der Waals surface area contributed by atoms with Crippen molar-refractivity contribution in [3.63, 3.8) is 0 Å². The van der Waals surface area contributed by atoms with Crippen molar-refractivity contribution < 1.29 is 9.47 Å². The van der Waals surface area contributed by atoms with E-state index in [1.54, 1.807) is 26.7 Å². The maximum Gasteiger partial charge on any atom is 0.229 e. The molecule has 1 unspecified atom stereocenters. The zero-order valence-electron chi connectivity index (χ0n) is 24.4. The number of imidazole rings is 1. The largest absolute Gasteiger partial charge is 0.497 e. The third kappa shape index (κ3) is 6.28. The molecule has 0 aliphatic carbocycles. The number of halogens is 1. The van der Waals surface area contributed by atoms with Crippen LogP contribution >= 0.6 is 11.6 Å². The van der Waals surface area contributed by atoms with Gasteiger partial charge in [0.05, 0.1) is 25.6 Å². The summed E-state index contributed by atoms with van der Waals surface area (Å²) in [6.07, 6.45) is 3.40. The van der Waals surface area contributed by atoms with Crippen molar-refractivity contribution in [1.82, 2.24) is 24.4 Å². The van der Waals surface area contributed by atoms with Gasteiger partial charge < -0.3 is 24.7 Å². The van der Waals surface area contributed by atoms with E-state index < -0.39 is 0 Å². The van der Waals surface area contributed by atoms with Crippen molar-refractivity contribution in [3.8, 4) is 17.2 Å². The molecule has 10 heteroatoms. The van der Waals surface area contributed by atoms with E-state index in [-0.39, 0.29) is 5.92 Å². The quantitative estimate of drug-likeness (QED) is 0.185. The van der Waals surface area contributed by atoms with Gasteiger partial charge in [0.15, 0.2) is 0 Å². The van der Waals surface area contributed by atoms with Gasteiger partial charge in [-0.3, -0.25) is 4.90 Å². The van der Waals surface area contributed by atoms with Gasteiger partial charge in [0.2, 0.25) is 5.95 Å². The van der Waals surface area contributed by atoms with E-state index in [0.717, 1.165) is 60.4 Å². The van der Waals surface area contributed by atoms with E-state index in [4.69, 9.17) is 31.0 Å². The molecule has 5 aromatic rings. The number of hydrogen-bond acceptors (Lipinski definition) is 8. The molecule has 0 saturated heterocycles. The smallest absolute Gasteiger partial charge is 0.229 e. The number of fused-ring (bicyclic) bond motifs is 1. The maximum atomic E-state index is 6.04. The molecule has 0 saturated carbocycles. The molecule has 1 aliphatic heterocycles. The fraction of sp³-hybridized carbons (Fsp3) is 0.242. The van der Waals surface area contributed by atoms with E-state index in [1.165, 1.54) is 11.1 Å². The van der Waals surface area contributed by atoms with Crippen molar-refractivity contribution in [3.05, 3.63) is 113 Å². The Kier molecular flexibility index (Phi) is 8.44. The van der Waals surface area contributed by atoms with Crippen LogP contribution in [0.3, 0.4) is 0 Å². The predicted molar refractivity (Wildman–Crippen MR) is 170 cm³/mol. The molecule has 0 spiro atoms. The van der Waals surface area contributed by atoms with Crippen LogP contribution in [-0.4, -0.2) is 51.7 Å². The van der Waals surface area contributed by atoms with E-state index in [0.29, 0.717) is 16.9 Å². The highest BCUT2D eigenvalue weighted by molar-refractivity contribution is 6.29. The Labute approximate surface area is 256 Å². The van der Waals surface area contributed by atoms with Gasteiger partial charge in [-0.25, -0.2) is 9.97 Å². The van der Waals surface area contributed by atoms with Gasteiger partial charge in [-0.2, -0.15) is 4.98 Å². The average Bonchev–Trinajstić information content (AvgIpc) is 3.47. The van der Waals surface area contributed by atoms with Crippen LogP contribution in [0.15, 0.2) is 85.3 Å². The van der Waals surface area contributed by atoms with Gasteiger partial charge in [0, 0.05) is 55.6 Å². The first kappa shape index (κ1) is 28.5. The summed E-state index contributed by atoms with van der Waals surface area (Å²) < 4.78 is 12.9. The number of nitrogens with one attached hydrogen (secondary N) is 2. The first-order chi connectivity index (χ1) is 21.0. The monoisotopic (exact) mass is 595 g/mol. The molecule has 2 N–H and O–H groups in total. The highest BCUT2D eigenvalue weighted by Crippen LogP contribution is 2.37. The van der Waals surface area contributed by atoms with Gasteiger partial charge in [-0.15, -0.1) is 0 Å². The van der Waals surface area contributed by atoms with Crippen LogP contribution in [0.25, 0.3) is 5.69 Å². The van der Waals surface area contributed by atoms with Crippen LogP contribution in [0.1, 0.15) is 35.2 Å². The summed E-state index contributed by atoms with van der Waals surface area (Å²) in [5.74, 6) is 2.97. The molecule has 0 bridgehead atoms. The van der Waals surface area contributed by atoms with Gasteiger partial charge in [-0.05, 0) is 42.3 Å². The van der Waals surface area contributed by atoms with Crippen molar-refractivity contribution in [1.29, 1.82) is 0 Å². The Morgan fingerprint density at radius 1 is 0.977 bits per heavy atom. The molecule has 6 rings (SSSR count). The summed E-state index contributed by atoms with van der Waals surface area (Å²) in [6.45, 7) is 5.21. The lowest BCUT2D eigenvalue weighted by Crippen LogP contribution is -2.35. The number of rotatable bonds is 10. The highest BCUT2D eigenvalue weighted by Gasteiger charge is 2.31. The zero-order chi connectivity index (χ0) is 29.8. The molecule has 0 fully saturated rings. The van der Waals surface area contributed by atoms with Crippen molar-refractivity contribution in [2.75, 3.05) is 37.9 Å². The second-order valence-electron chi connectivity index (χ2n) is 10.4. The molecule has 3 aromatic carbocycles. The summed E-state index contributed by atoms with van der Waals surface area (Å²) in [4.78, 5) is 16.7. The molecule has 3 heterocycles. The van der Waals surface area contributed by atoms with Crippen LogP contribution in [0.5, 0.6) is 11.5 Å². The minimum atomic E-state index is 0.0760. The van der Waals surface area contributed by atoms with E-state index >= 15 is 0 Å². The molecule has 0 amide bonds. The van der Waals surface area contributed by atoms with Crippen molar-refractivity contribution >= 4 is 29.1 Å². The topological polar surface area (TPSA) is 89.4 Å². The number of nitrogens with zero attached hydrogens (tertiary/aromatic N) is 5. The van der Waals surface area contributed by atoms with Gasteiger partial charge >= 0.3 is 0 Å². The lowest BCUT2D eigenvalue weighted by atomic mass is 9.88. The fourth-order valence-corrected chi connectivity index (χ4v) is 5.68. The Balaban J connectivity index is 1.35. The van der Waals surface area contributed by atoms with E-state index in [2.05, 4.69) is 63.8 Å². The molecular weight excluding hydrogens is 562 g/mol. The number of benzene rings is 3. The van der Waals surface area contributed by atoms with Gasteiger partial charge in [0.1, 0.15) is 28.8 Å². The lowest BCUT2D eigenvalue weighted by molar-refractivity contribution is 0.229. The summed E-state index contributed by atoms with van der Waals surface area (Å²) in [7, 11) is 3.33. The molecule has 1 atom stereocenters. The number of ether oxygens (including phenoxy) is 2. The number of aromatic nitrogens is 4. The third-order valence-electron chi connectivity index (χ3n) is 7.57. The molecule has 2 aromatic heterocycles. The summed E-state index contributed by atoms with van der Waals surface area (Å²) in [6, 6.07) is 24.7. The maximum absolute atomic E-state index is 6.04. The molecule has 220 valence electrons. The molecule has 9 nitrogen and oxygen atoms in total. The molecule has 0 radical (unpaired) electrons. The number of methoxy groups -OCH3 is 2. The first-order valence-electron chi connectivity index (χ1n) is 14.2. The third-order valence-corrected chi connectivity index (χ3v) is 7.76. The Hall–Kier alpha value is -4.60. The number of hydrogen-bond donors (Lipinski definition) is 2. The van der Waals surface area contributed by atoms with Crippen LogP contribution < -0.4 is 20.1 Å². The van der Waals surface area contributed by atoms with E-state index in [1.807, 2.05) is 41.0 Å². The van der Waals surface area contributed by atoms with Crippen molar-refractivity contribution in [2.45, 2.75) is 25.9 Å². The van der Waals surface area contributed by atoms with Crippen LogP contribution in [-0.2, 0) is 13.1 Å². The van der Waals surface area contributed by atoms with Gasteiger partial charge in [0.25, 0.3) is 0 Å². The summed E-state index contributed by atoms with van der Waals surface area (Å²) >= 11 is 6.04. The highest BCUT2D eigenvalue weighted by atomic mass is 35.5. The van der Waals surface area contributed by atoms with Crippen LogP contribution in [0.4, 0.5) is 17.5 Å². The van der Waals surface area contributed by atoms with Crippen molar-refractivity contribution in [2.24, 2.45) is 0 Å². The number of anilines is 3. The molecule has 1 aliphatic rings. The molecular formula is C33H34ClN7O2. The second-order valence-corrected chi connectivity index (χ2v) is 10.8. The summed E-state index contributed by atoms with van der Waals surface area (Å²) in [5, 5.41) is 7.35.